The summed E-state index contributed by atoms with van der Waals surface area (Å²) in [5.74, 6) is -0.133. The number of H-pyrrole nitrogens is 1. The topological polar surface area (TPSA) is 56.4 Å². The van der Waals surface area contributed by atoms with E-state index in [1.165, 1.54) is 6.07 Å². The number of para-hydroxylation sites is 1. The molecule has 3 aromatic rings. The van der Waals surface area contributed by atoms with Gasteiger partial charge in [-0.25, -0.2) is 0 Å². The molecule has 1 saturated heterocycles. The van der Waals surface area contributed by atoms with Gasteiger partial charge in [-0.15, -0.1) is 0 Å². The van der Waals surface area contributed by atoms with Crippen LogP contribution in [-0.2, 0) is 0 Å². The molecule has 29 heavy (non-hydrogen) atoms. The van der Waals surface area contributed by atoms with Crippen molar-refractivity contribution in [1.82, 2.24) is 9.88 Å². The standard InChI is InChI=1S/C22H21Cl2N3O2/c1-22(2)13-26(14-7-8-17(23)18(24)11-14)9-10-27(22)21(29)16-12-20(28)25-19-6-4-3-5-15(16)19/h3-8,11-12H,9-10,13H2,1-2H3,(H,25,28). The minimum absolute atomic E-state index is 0.133. The van der Waals surface area contributed by atoms with Crippen LogP contribution in [0.15, 0.2) is 53.3 Å². The number of amides is 1. The molecular weight excluding hydrogens is 409 g/mol. The molecule has 2 heterocycles. The third kappa shape index (κ3) is 3.72. The van der Waals surface area contributed by atoms with Gasteiger partial charge >= 0.3 is 0 Å². The zero-order chi connectivity index (χ0) is 20.8. The summed E-state index contributed by atoms with van der Waals surface area (Å²) in [7, 11) is 0. The Bertz CT molecular complexity index is 1160. The number of nitrogens with one attached hydrogen (secondary N) is 1. The molecule has 0 unspecified atom stereocenters. The van der Waals surface area contributed by atoms with Crippen molar-refractivity contribution in [3.05, 3.63) is 74.5 Å². The normalized spacial score (nSPS) is 16.3. The number of pyridine rings is 1. The molecule has 1 aliphatic rings. The zero-order valence-electron chi connectivity index (χ0n) is 16.2. The molecule has 0 radical (unpaired) electrons. The van der Waals surface area contributed by atoms with E-state index in [-0.39, 0.29) is 11.5 Å². The summed E-state index contributed by atoms with van der Waals surface area (Å²) >= 11 is 12.2. The van der Waals surface area contributed by atoms with Crippen LogP contribution in [0.5, 0.6) is 0 Å². The van der Waals surface area contributed by atoms with Crippen molar-refractivity contribution >= 4 is 45.7 Å². The van der Waals surface area contributed by atoms with E-state index in [0.29, 0.717) is 40.8 Å². The molecule has 150 valence electrons. The lowest BCUT2D eigenvalue weighted by atomic mass is 9.96. The fraction of sp³-hybridized carbons (Fsp3) is 0.273. The van der Waals surface area contributed by atoms with Crippen LogP contribution in [0.2, 0.25) is 10.0 Å². The number of piperazine rings is 1. The van der Waals surface area contributed by atoms with Crippen molar-refractivity contribution in [2.45, 2.75) is 19.4 Å². The lowest BCUT2D eigenvalue weighted by Crippen LogP contribution is -2.61. The van der Waals surface area contributed by atoms with Crippen molar-refractivity contribution in [1.29, 1.82) is 0 Å². The van der Waals surface area contributed by atoms with E-state index in [0.717, 1.165) is 11.1 Å². The van der Waals surface area contributed by atoms with Gasteiger partial charge in [-0.2, -0.15) is 0 Å². The molecule has 1 aromatic heterocycles. The maximum Gasteiger partial charge on any atom is 0.255 e. The molecule has 1 N–H and O–H groups in total. The number of aromatic amines is 1. The van der Waals surface area contributed by atoms with E-state index in [4.69, 9.17) is 23.2 Å². The van der Waals surface area contributed by atoms with Gasteiger partial charge in [0.2, 0.25) is 5.56 Å². The number of rotatable bonds is 2. The third-order valence-corrected chi connectivity index (χ3v) is 6.14. The average Bonchev–Trinajstić information content (AvgIpc) is 2.68. The molecule has 4 rings (SSSR count). The molecule has 7 heteroatoms. The summed E-state index contributed by atoms with van der Waals surface area (Å²) in [6, 6.07) is 14.3. The Morgan fingerprint density at radius 3 is 2.52 bits per heavy atom. The Kier molecular flexibility index (Phi) is 5.05. The Hall–Kier alpha value is -2.50. The smallest absolute Gasteiger partial charge is 0.255 e. The fourth-order valence-corrected chi connectivity index (χ4v) is 4.25. The number of carbonyl (C=O) groups excluding carboxylic acids is 1. The van der Waals surface area contributed by atoms with Gasteiger partial charge < -0.3 is 14.8 Å². The van der Waals surface area contributed by atoms with Gasteiger partial charge in [-0.3, -0.25) is 9.59 Å². The van der Waals surface area contributed by atoms with E-state index >= 15 is 0 Å². The predicted molar refractivity (Wildman–Crippen MR) is 118 cm³/mol. The van der Waals surface area contributed by atoms with Gasteiger partial charge in [0.25, 0.3) is 5.91 Å². The quantitative estimate of drug-likeness (QED) is 0.648. The van der Waals surface area contributed by atoms with Crippen LogP contribution in [-0.4, -0.2) is 41.0 Å². The zero-order valence-corrected chi connectivity index (χ0v) is 17.7. The minimum Gasteiger partial charge on any atom is -0.367 e. The first-order valence-corrected chi connectivity index (χ1v) is 10.2. The van der Waals surface area contributed by atoms with Crippen molar-refractivity contribution in [3.63, 3.8) is 0 Å². The molecule has 2 aromatic carbocycles. The lowest BCUT2D eigenvalue weighted by molar-refractivity contribution is 0.0516. The number of fused-ring (bicyclic) bond motifs is 1. The number of halogens is 2. The minimum atomic E-state index is -0.439. The molecule has 0 atom stereocenters. The van der Waals surface area contributed by atoms with E-state index in [1.807, 2.05) is 49.1 Å². The first-order valence-electron chi connectivity index (χ1n) is 9.40. The van der Waals surface area contributed by atoms with Crippen molar-refractivity contribution < 1.29 is 4.79 Å². The predicted octanol–water partition coefficient (Wildman–Crippen LogP) is 4.58. The number of nitrogens with zero attached hydrogens (tertiary/aromatic N) is 2. The van der Waals surface area contributed by atoms with Crippen LogP contribution >= 0.6 is 23.2 Å². The SMILES string of the molecule is CC1(C)CN(c2ccc(Cl)c(Cl)c2)CCN1C(=O)c1cc(=O)[nH]c2ccccc12. The molecule has 1 amide bonds. The molecule has 1 aliphatic heterocycles. The van der Waals surface area contributed by atoms with E-state index in [9.17, 15) is 9.59 Å². The average molecular weight is 430 g/mol. The molecule has 0 saturated carbocycles. The first-order chi connectivity index (χ1) is 13.8. The van der Waals surface area contributed by atoms with Gasteiger partial charge in [0.1, 0.15) is 0 Å². The monoisotopic (exact) mass is 429 g/mol. The van der Waals surface area contributed by atoms with Crippen LogP contribution < -0.4 is 10.5 Å². The summed E-state index contributed by atoms with van der Waals surface area (Å²) in [4.78, 5) is 32.4. The number of hydrogen-bond acceptors (Lipinski definition) is 3. The number of carbonyl (C=O) groups is 1. The molecule has 0 aliphatic carbocycles. The molecule has 0 bridgehead atoms. The molecular formula is C22H21Cl2N3O2. The Balaban J connectivity index is 1.65. The Morgan fingerprint density at radius 2 is 1.79 bits per heavy atom. The van der Waals surface area contributed by atoms with Crippen molar-refractivity contribution in [3.8, 4) is 0 Å². The Morgan fingerprint density at radius 1 is 1.03 bits per heavy atom. The molecule has 1 fully saturated rings. The first kappa shape index (κ1) is 19.8. The van der Waals surface area contributed by atoms with Gasteiger partial charge in [0.05, 0.1) is 21.1 Å². The summed E-state index contributed by atoms with van der Waals surface area (Å²) in [6.07, 6.45) is 0. The van der Waals surface area contributed by atoms with Crippen LogP contribution in [0.25, 0.3) is 10.9 Å². The molecule has 5 nitrogen and oxygen atoms in total. The van der Waals surface area contributed by atoms with Gasteiger partial charge in [-0.1, -0.05) is 41.4 Å². The second-order valence-electron chi connectivity index (χ2n) is 7.88. The fourth-order valence-electron chi connectivity index (χ4n) is 3.96. The highest BCUT2D eigenvalue weighted by Gasteiger charge is 2.37. The van der Waals surface area contributed by atoms with Crippen LogP contribution in [0.4, 0.5) is 5.69 Å². The highest BCUT2D eigenvalue weighted by Crippen LogP contribution is 2.31. The number of benzene rings is 2. The second-order valence-corrected chi connectivity index (χ2v) is 8.70. The second kappa shape index (κ2) is 7.39. The highest BCUT2D eigenvalue weighted by atomic mass is 35.5. The summed E-state index contributed by atoms with van der Waals surface area (Å²) < 4.78 is 0. The van der Waals surface area contributed by atoms with E-state index in [1.54, 1.807) is 12.1 Å². The van der Waals surface area contributed by atoms with E-state index < -0.39 is 5.54 Å². The van der Waals surface area contributed by atoms with Crippen LogP contribution in [0.3, 0.4) is 0 Å². The van der Waals surface area contributed by atoms with Gasteiger partial charge in [-0.05, 0) is 38.1 Å². The molecule has 0 spiro atoms. The highest BCUT2D eigenvalue weighted by molar-refractivity contribution is 6.42. The summed E-state index contributed by atoms with van der Waals surface area (Å²) in [6.45, 7) is 5.90. The number of hydrogen-bond donors (Lipinski definition) is 1. The van der Waals surface area contributed by atoms with Gasteiger partial charge in [0, 0.05) is 42.3 Å². The van der Waals surface area contributed by atoms with Gasteiger partial charge in [0.15, 0.2) is 0 Å². The summed E-state index contributed by atoms with van der Waals surface area (Å²) in [5, 5.41) is 1.78. The maximum absolute atomic E-state index is 13.4. The number of aromatic nitrogens is 1. The largest absolute Gasteiger partial charge is 0.367 e. The summed E-state index contributed by atoms with van der Waals surface area (Å²) in [5.41, 5.74) is 1.35. The van der Waals surface area contributed by atoms with Crippen molar-refractivity contribution in [2.24, 2.45) is 0 Å². The van der Waals surface area contributed by atoms with E-state index in [2.05, 4.69) is 9.88 Å². The third-order valence-electron chi connectivity index (χ3n) is 5.40. The van der Waals surface area contributed by atoms with Crippen LogP contribution in [0, 0.1) is 0 Å². The Labute approximate surface area is 178 Å². The van der Waals surface area contributed by atoms with Crippen molar-refractivity contribution in [2.75, 3.05) is 24.5 Å². The van der Waals surface area contributed by atoms with Crippen LogP contribution in [0.1, 0.15) is 24.2 Å². The maximum atomic E-state index is 13.4. The number of anilines is 1. The lowest BCUT2D eigenvalue weighted by Gasteiger charge is -2.48.